The number of esters is 1. The van der Waals surface area contributed by atoms with E-state index in [1.165, 1.54) is 28.8 Å². The molecule has 0 spiro atoms. The Balaban J connectivity index is 1.56. The number of carbonyl (C=O) groups excluding carboxylic acids is 2. The van der Waals surface area contributed by atoms with E-state index in [2.05, 4.69) is 0 Å². The summed E-state index contributed by atoms with van der Waals surface area (Å²) in [4.78, 5) is 27.8. The third kappa shape index (κ3) is 4.85. The van der Waals surface area contributed by atoms with Gasteiger partial charge in [0.2, 0.25) is 5.91 Å². The molecule has 2 aromatic carbocycles. The number of benzene rings is 2. The highest BCUT2D eigenvalue weighted by Crippen LogP contribution is 2.45. The molecule has 0 aromatic heterocycles. The van der Waals surface area contributed by atoms with Crippen molar-refractivity contribution < 1.29 is 32.2 Å². The first kappa shape index (κ1) is 23.5. The molecule has 1 amide bonds. The maximum Gasteiger partial charge on any atom is 0.416 e. The first-order valence-corrected chi connectivity index (χ1v) is 11.6. The fourth-order valence-corrected chi connectivity index (χ4v) is 5.76. The molecule has 2 N–H and O–H groups in total. The fraction of sp³-hybridized carbons (Fsp3) is 0.273. The summed E-state index contributed by atoms with van der Waals surface area (Å²) in [6.07, 6.45) is -4.44. The van der Waals surface area contributed by atoms with Crippen LogP contribution in [0.5, 0.6) is 5.75 Å². The van der Waals surface area contributed by atoms with Crippen molar-refractivity contribution in [1.29, 1.82) is 0 Å². The molecule has 2 atom stereocenters. The number of nitrogens with zero attached hydrogens (tertiary/aromatic N) is 1. The van der Waals surface area contributed by atoms with Crippen LogP contribution in [0.4, 0.5) is 13.2 Å². The summed E-state index contributed by atoms with van der Waals surface area (Å²) in [6.45, 7) is -0.0174. The van der Waals surface area contributed by atoms with Crippen LogP contribution in [0.15, 0.2) is 64.0 Å². The van der Waals surface area contributed by atoms with E-state index in [1.54, 1.807) is 31.4 Å². The second-order valence-electron chi connectivity index (χ2n) is 7.26. The van der Waals surface area contributed by atoms with Crippen LogP contribution >= 0.6 is 23.5 Å². The number of ether oxygens (including phenoxy) is 2. The van der Waals surface area contributed by atoms with Crippen molar-refractivity contribution in [3.05, 3.63) is 70.3 Å². The molecule has 2 aliphatic heterocycles. The number of fused-ring (bicyclic) bond motifs is 1. The number of methoxy groups -OCH3 is 1. The van der Waals surface area contributed by atoms with Gasteiger partial charge in [-0.25, -0.2) is 4.79 Å². The Kier molecular flexibility index (Phi) is 6.64. The zero-order chi connectivity index (χ0) is 23.8. The molecule has 11 heteroatoms. The number of carbonyl (C=O) groups is 2. The molecule has 2 aromatic rings. The first-order chi connectivity index (χ1) is 15.7. The molecule has 2 heterocycles. The van der Waals surface area contributed by atoms with Gasteiger partial charge in [0.05, 0.1) is 12.7 Å². The number of hydrogen-bond donors (Lipinski definition) is 1. The van der Waals surface area contributed by atoms with Crippen LogP contribution < -0.4 is 10.5 Å². The number of nitrogens with two attached hydrogens (primary N) is 1. The van der Waals surface area contributed by atoms with Crippen LogP contribution in [0.1, 0.15) is 11.1 Å². The Bertz CT molecular complexity index is 1090. The van der Waals surface area contributed by atoms with E-state index in [0.29, 0.717) is 21.3 Å². The number of β-lactam (4-membered cyclic amide) rings is 1. The summed E-state index contributed by atoms with van der Waals surface area (Å²) in [7, 11) is 1.55. The molecular formula is C22H19F3N2O4S2. The molecule has 0 radical (unpaired) electrons. The van der Waals surface area contributed by atoms with Crippen molar-refractivity contribution in [2.24, 2.45) is 5.73 Å². The second kappa shape index (κ2) is 9.32. The first-order valence-electron chi connectivity index (χ1n) is 9.77. The van der Waals surface area contributed by atoms with E-state index in [1.807, 2.05) is 0 Å². The molecule has 0 aliphatic carbocycles. The van der Waals surface area contributed by atoms with Crippen molar-refractivity contribution in [3.63, 3.8) is 0 Å². The maximum absolute atomic E-state index is 13.0. The van der Waals surface area contributed by atoms with Gasteiger partial charge in [0.1, 0.15) is 29.5 Å². The Morgan fingerprint density at radius 3 is 2.45 bits per heavy atom. The number of halogens is 3. The van der Waals surface area contributed by atoms with Crippen molar-refractivity contribution in [1.82, 2.24) is 4.90 Å². The maximum atomic E-state index is 13.0. The zero-order valence-corrected chi connectivity index (χ0v) is 18.9. The van der Waals surface area contributed by atoms with Gasteiger partial charge in [-0.05, 0) is 42.0 Å². The monoisotopic (exact) mass is 496 g/mol. The van der Waals surface area contributed by atoms with Gasteiger partial charge in [-0.15, -0.1) is 11.8 Å². The third-order valence-corrected chi connectivity index (χ3v) is 7.70. The topological polar surface area (TPSA) is 81.9 Å². The van der Waals surface area contributed by atoms with Gasteiger partial charge in [0.15, 0.2) is 0 Å². The van der Waals surface area contributed by atoms with Gasteiger partial charge >= 0.3 is 12.1 Å². The lowest BCUT2D eigenvalue weighted by Gasteiger charge is -2.48. The molecule has 174 valence electrons. The zero-order valence-electron chi connectivity index (χ0n) is 17.3. The van der Waals surface area contributed by atoms with Gasteiger partial charge in [-0.1, -0.05) is 23.9 Å². The highest BCUT2D eigenvalue weighted by Gasteiger charge is 2.52. The summed E-state index contributed by atoms with van der Waals surface area (Å²) in [5.74, 6) is -0.0453. The molecule has 0 unspecified atom stereocenters. The molecule has 0 bridgehead atoms. The van der Waals surface area contributed by atoms with Gasteiger partial charge in [0.25, 0.3) is 0 Å². The highest BCUT2D eigenvalue weighted by molar-refractivity contribution is 8.06. The number of alkyl halides is 3. The number of thioether (sulfide) groups is 2. The van der Waals surface area contributed by atoms with E-state index < -0.39 is 29.7 Å². The Hall–Kier alpha value is -2.63. The molecule has 4 rings (SSSR count). The van der Waals surface area contributed by atoms with Crippen molar-refractivity contribution in [2.45, 2.75) is 29.1 Å². The molecule has 33 heavy (non-hydrogen) atoms. The summed E-state index contributed by atoms with van der Waals surface area (Å²) < 4.78 is 49.1. The van der Waals surface area contributed by atoms with E-state index in [9.17, 15) is 22.8 Å². The predicted octanol–water partition coefficient (Wildman–Crippen LogP) is 4.00. The minimum Gasteiger partial charge on any atom is -0.497 e. The molecule has 0 saturated carbocycles. The second-order valence-corrected chi connectivity index (χ2v) is 9.53. The lowest BCUT2D eigenvalue weighted by molar-refractivity contribution is -0.151. The Morgan fingerprint density at radius 1 is 1.18 bits per heavy atom. The Morgan fingerprint density at radius 2 is 1.85 bits per heavy atom. The summed E-state index contributed by atoms with van der Waals surface area (Å²) in [5, 5.41) is -0.377. The SMILES string of the molecule is COc1ccc(COC(=O)C2=C(Sc3ccc(C(F)(F)F)cc3)CS[C@@H]3[C@H](N)C(=O)N23)cc1. The molecule has 6 nitrogen and oxygen atoms in total. The molecule has 1 fully saturated rings. The van der Waals surface area contributed by atoms with E-state index in [-0.39, 0.29) is 17.7 Å². The minimum absolute atomic E-state index is 0.0174. The lowest BCUT2D eigenvalue weighted by Crippen LogP contribution is -2.68. The normalized spacial score (nSPS) is 20.3. The number of rotatable bonds is 6. The lowest BCUT2D eigenvalue weighted by atomic mass is 10.1. The van der Waals surface area contributed by atoms with E-state index in [0.717, 1.165) is 29.5 Å². The van der Waals surface area contributed by atoms with Crippen LogP contribution in [0.3, 0.4) is 0 Å². The average molecular weight is 497 g/mol. The average Bonchev–Trinajstić information content (AvgIpc) is 2.81. The van der Waals surface area contributed by atoms with Gasteiger partial charge in [-0.2, -0.15) is 13.2 Å². The molecular weight excluding hydrogens is 477 g/mol. The van der Waals surface area contributed by atoms with Crippen LogP contribution in [0.25, 0.3) is 0 Å². The van der Waals surface area contributed by atoms with Crippen molar-refractivity contribution in [3.8, 4) is 5.75 Å². The third-order valence-electron chi connectivity index (χ3n) is 5.12. The van der Waals surface area contributed by atoms with Crippen LogP contribution in [-0.2, 0) is 27.1 Å². The van der Waals surface area contributed by atoms with Crippen LogP contribution in [0.2, 0.25) is 0 Å². The van der Waals surface area contributed by atoms with Crippen LogP contribution in [0, 0.1) is 0 Å². The van der Waals surface area contributed by atoms with Gasteiger partial charge in [0, 0.05) is 15.6 Å². The molecule has 2 aliphatic rings. The quantitative estimate of drug-likeness (QED) is 0.478. The van der Waals surface area contributed by atoms with Gasteiger partial charge in [-0.3, -0.25) is 9.69 Å². The van der Waals surface area contributed by atoms with Crippen LogP contribution in [-0.4, -0.2) is 41.1 Å². The van der Waals surface area contributed by atoms with Gasteiger partial charge < -0.3 is 15.2 Å². The standard InChI is InChI=1S/C22H19F3N2O4S2/c1-30-14-6-2-12(3-7-14)10-31-21(29)18-16(11-32-20-17(26)19(28)27(18)20)33-15-8-4-13(5-9-15)22(23,24)25/h2-9,17,20H,10-11,26H2,1H3/t17-,20-/m1/s1. The Labute approximate surface area is 196 Å². The summed E-state index contributed by atoms with van der Waals surface area (Å²) >= 11 is 2.53. The van der Waals surface area contributed by atoms with Crippen molar-refractivity contribution in [2.75, 3.05) is 12.9 Å². The predicted molar refractivity (Wildman–Crippen MR) is 118 cm³/mol. The largest absolute Gasteiger partial charge is 0.497 e. The van der Waals surface area contributed by atoms with E-state index >= 15 is 0 Å². The smallest absolute Gasteiger partial charge is 0.416 e. The molecule has 1 saturated heterocycles. The highest BCUT2D eigenvalue weighted by atomic mass is 32.2. The number of hydrogen-bond acceptors (Lipinski definition) is 7. The fourth-order valence-electron chi connectivity index (χ4n) is 3.35. The summed E-state index contributed by atoms with van der Waals surface area (Å²) in [5.41, 5.74) is 5.93. The van der Waals surface area contributed by atoms with E-state index in [4.69, 9.17) is 15.2 Å². The number of amides is 1. The van der Waals surface area contributed by atoms with Crippen molar-refractivity contribution >= 4 is 35.4 Å². The summed E-state index contributed by atoms with van der Waals surface area (Å²) in [6, 6.07) is 10.9. The minimum atomic E-state index is -4.44.